The summed E-state index contributed by atoms with van der Waals surface area (Å²) in [7, 11) is 0. The van der Waals surface area contributed by atoms with Crippen LogP contribution in [0.5, 0.6) is 0 Å². The molecule has 0 fully saturated rings. The van der Waals surface area contributed by atoms with Gasteiger partial charge in [-0.15, -0.1) is 0 Å². The van der Waals surface area contributed by atoms with Gasteiger partial charge in [0.25, 0.3) is 0 Å². The van der Waals surface area contributed by atoms with Crippen LogP contribution in [0.4, 0.5) is 5.69 Å². The first-order chi connectivity index (χ1) is 7.58. The number of carbonyl (C=O) groups excluding carboxylic acids is 2. The molecular weight excluding hydrogens is 270 g/mol. The lowest BCUT2D eigenvalue weighted by molar-refractivity contribution is -0.116. The van der Waals surface area contributed by atoms with Crippen molar-refractivity contribution in [1.82, 2.24) is 0 Å². The van der Waals surface area contributed by atoms with Gasteiger partial charge in [0.1, 0.15) is 0 Å². The SMILES string of the molecule is CC(Br)C(=O)c1ccc2c(c1)NC(=O)CC2. The fraction of sp³-hybridized carbons (Fsp3) is 0.333. The molecule has 0 aliphatic carbocycles. The van der Waals surface area contributed by atoms with Crippen molar-refractivity contribution in [1.29, 1.82) is 0 Å². The monoisotopic (exact) mass is 281 g/mol. The number of anilines is 1. The molecule has 1 aromatic carbocycles. The molecule has 0 spiro atoms. The maximum atomic E-state index is 11.8. The number of halogens is 1. The van der Waals surface area contributed by atoms with Crippen LogP contribution in [0.25, 0.3) is 0 Å². The minimum absolute atomic E-state index is 0.0176. The molecular formula is C12H12BrNO2. The van der Waals surface area contributed by atoms with Crippen molar-refractivity contribution in [2.45, 2.75) is 24.6 Å². The Kier molecular flexibility index (Phi) is 3.10. The topological polar surface area (TPSA) is 46.2 Å². The number of hydrogen-bond acceptors (Lipinski definition) is 2. The first-order valence-corrected chi connectivity index (χ1v) is 6.10. The number of amides is 1. The Hall–Kier alpha value is -1.16. The molecule has 84 valence electrons. The third kappa shape index (κ3) is 2.16. The summed E-state index contributed by atoms with van der Waals surface area (Å²) in [6, 6.07) is 5.49. The smallest absolute Gasteiger partial charge is 0.224 e. The molecule has 1 amide bonds. The highest BCUT2D eigenvalue weighted by molar-refractivity contribution is 9.10. The summed E-state index contributed by atoms with van der Waals surface area (Å²) >= 11 is 3.25. The van der Waals surface area contributed by atoms with E-state index in [1.807, 2.05) is 12.1 Å². The van der Waals surface area contributed by atoms with Gasteiger partial charge in [-0.1, -0.05) is 28.1 Å². The van der Waals surface area contributed by atoms with Gasteiger partial charge in [-0.05, 0) is 25.0 Å². The molecule has 0 bridgehead atoms. The van der Waals surface area contributed by atoms with E-state index in [4.69, 9.17) is 0 Å². The predicted octanol–water partition coefficient (Wildman–Crippen LogP) is 2.54. The minimum Gasteiger partial charge on any atom is -0.326 e. The van der Waals surface area contributed by atoms with Crippen LogP contribution < -0.4 is 5.32 Å². The fourth-order valence-corrected chi connectivity index (χ4v) is 2.02. The third-order valence-electron chi connectivity index (χ3n) is 2.65. The van der Waals surface area contributed by atoms with Gasteiger partial charge in [0.05, 0.1) is 4.83 Å². The Morgan fingerprint density at radius 1 is 1.44 bits per heavy atom. The van der Waals surface area contributed by atoms with E-state index in [1.54, 1.807) is 13.0 Å². The average Bonchev–Trinajstić information content (AvgIpc) is 2.26. The second-order valence-electron chi connectivity index (χ2n) is 3.90. The van der Waals surface area contributed by atoms with E-state index < -0.39 is 0 Å². The highest BCUT2D eigenvalue weighted by atomic mass is 79.9. The van der Waals surface area contributed by atoms with Crippen molar-refractivity contribution < 1.29 is 9.59 Å². The van der Waals surface area contributed by atoms with Gasteiger partial charge < -0.3 is 5.32 Å². The van der Waals surface area contributed by atoms with E-state index in [0.717, 1.165) is 17.7 Å². The molecule has 0 aromatic heterocycles. The second-order valence-corrected chi connectivity index (χ2v) is 5.27. The van der Waals surface area contributed by atoms with Crippen molar-refractivity contribution in [3.8, 4) is 0 Å². The van der Waals surface area contributed by atoms with Gasteiger partial charge >= 0.3 is 0 Å². The van der Waals surface area contributed by atoms with Crippen molar-refractivity contribution in [3.63, 3.8) is 0 Å². The average molecular weight is 282 g/mol. The van der Waals surface area contributed by atoms with Gasteiger partial charge in [0.15, 0.2) is 5.78 Å². The molecule has 1 aromatic rings. The van der Waals surface area contributed by atoms with E-state index in [1.165, 1.54) is 0 Å². The van der Waals surface area contributed by atoms with Crippen LogP contribution in [0.3, 0.4) is 0 Å². The quantitative estimate of drug-likeness (QED) is 0.669. The van der Waals surface area contributed by atoms with E-state index in [9.17, 15) is 9.59 Å². The number of carbonyl (C=O) groups is 2. The molecule has 1 aliphatic rings. The maximum absolute atomic E-state index is 11.8. The number of benzene rings is 1. The molecule has 3 nitrogen and oxygen atoms in total. The summed E-state index contributed by atoms with van der Waals surface area (Å²) in [5, 5.41) is 2.79. The molecule has 0 saturated heterocycles. The first-order valence-electron chi connectivity index (χ1n) is 5.19. The molecule has 2 rings (SSSR count). The summed E-state index contributed by atoms with van der Waals surface area (Å²) < 4.78 is 0. The van der Waals surface area contributed by atoms with E-state index in [-0.39, 0.29) is 16.5 Å². The Bertz CT molecular complexity index is 454. The largest absolute Gasteiger partial charge is 0.326 e. The van der Waals surface area contributed by atoms with Crippen molar-refractivity contribution in [3.05, 3.63) is 29.3 Å². The number of rotatable bonds is 2. The lowest BCUT2D eigenvalue weighted by Crippen LogP contribution is -2.20. The molecule has 1 unspecified atom stereocenters. The maximum Gasteiger partial charge on any atom is 0.224 e. The highest BCUT2D eigenvalue weighted by Gasteiger charge is 2.18. The number of fused-ring (bicyclic) bond motifs is 1. The van der Waals surface area contributed by atoms with Crippen LogP contribution in [0, 0.1) is 0 Å². The molecule has 16 heavy (non-hydrogen) atoms. The standard InChI is InChI=1S/C12H12BrNO2/c1-7(13)12(16)9-3-2-8-4-5-11(15)14-10(8)6-9/h2-3,6-7H,4-5H2,1H3,(H,14,15). The van der Waals surface area contributed by atoms with Crippen LogP contribution in [0.15, 0.2) is 18.2 Å². The Labute approximate surface area is 102 Å². The van der Waals surface area contributed by atoms with E-state index >= 15 is 0 Å². The molecule has 4 heteroatoms. The summed E-state index contributed by atoms with van der Waals surface area (Å²) in [5.41, 5.74) is 2.50. The van der Waals surface area contributed by atoms with Gasteiger partial charge in [0.2, 0.25) is 5.91 Å². The van der Waals surface area contributed by atoms with Gasteiger partial charge in [-0.3, -0.25) is 9.59 Å². The number of nitrogens with one attached hydrogen (secondary N) is 1. The minimum atomic E-state index is -0.204. The van der Waals surface area contributed by atoms with Gasteiger partial charge in [0, 0.05) is 17.7 Å². The van der Waals surface area contributed by atoms with Crippen molar-refractivity contribution >= 4 is 33.3 Å². The second kappa shape index (κ2) is 4.37. The number of alkyl halides is 1. The molecule has 1 aliphatic heterocycles. The normalized spacial score (nSPS) is 16.2. The molecule has 1 N–H and O–H groups in total. The van der Waals surface area contributed by atoms with Crippen molar-refractivity contribution in [2.75, 3.05) is 5.32 Å². The molecule has 1 heterocycles. The van der Waals surface area contributed by atoms with Crippen molar-refractivity contribution in [2.24, 2.45) is 0 Å². The zero-order valence-corrected chi connectivity index (χ0v) is 10.5. The van der Waals surface area contributed by atoms with Crippen LogP contribution in [0.2, 0.25) is 0 Å². The van der Waals surface area contributed by atoms with Crippen LogP contribution in [0.1, 0.15) is 29.3 Å². The van der Waals surface area contributed by atoms with E-state index in [2.05, 4.69) is 21.2 Å². The Balaban J connectivity index is 2.35. The lowest BCUT2D eigenvalue weighted by Gasteiger charge is -2.17. The zero-order chi connectivity index (χ0) is 11.7. The molecule has 1 atom stereocenters. The Morgan fingerprint density at radius 2 is 2.19 bits per heavy atom. The lowest BCUT2D eigenvalue weighted by atomic mass is 9.99. The first kappa shape index (κ1) is 11.3. The summed E-state index contributed by atoms with van der Waals surface area (Å²) in [5.74, 6) is 0.0478. The predicted molar refractivity (Wildman–Crippen MR) is 66.1 cm³/mol. The summed E-state index contributed by atoms with van der Waals surface area (Å²) in [6.07, 6.45) is 1.27. The third-order valence-corrected chi connectivity index (χ3v) is 3.07. The van der Waals surface area contributed by atoms with Gasteiger partial charge in [-0.25, -0.2) is 0 Å². The number of hydrogen-bond donors (Lipinski definition) is 1. The molecule has 0 radical (unpaired) electrons. The number of Topliss-reactive ketones (excluding diaryl/α,β-unsaturated/α-hetero) is 1. The summed E-state index contributed by atoms with van der Waals surface area (Å²) in [6.45, 7) is 1.79. The Morgan fingerprint density at radius 3 is 2.88 bits per heavy atom. The number of ketones is 1. The fourth-order valence-electron chi connectivity index (χ4n) is 1.75. The summed E-state index contributed by atoms with van der Waals surface area (Å²) in [4.78, 5) is 22.8. The number of aryl methyl sites for hydroxylation is 1. The van der Waals surface area contributed by atoms with Crippen LogP contribution in [-0.4, -0.2) is 16.5 Å². The van der Waals surface area contributed by atoms with Gasteiger partial charge in [-0.2, -0.15) is 0 Å². The zero-order valence-electron chi connectivity index (χ0n) is 8.92. The highest BCUT2D eigenvalue weighted by Crippen LogP contribution is 2.24. The van der Waals surface area contributed by atoms with Crippen LogP contribution in [-0.2, 0) is 11.2 Å². The van der Waals surface area contributed by atoms with E-state index in [0.29, 0.717) is 12.0 Å². The van der Waals surface area contributed by atoms with Crippen LogP contribution >= 0.6 is 15.9 Å². The molecule has 0 saturated carbocycles.